The Morgan fingerprint density at radius 2 is 1.35 bits per heavy atom. The third kappa shape index (κ3) is 3.72. The first-order chi connectivity index (χ1) is 9.83. The van der Waals surface area contributed by atoms with Crippen molar-refractivity contribution in [2.45, 2.75) is 6.92 Å². The predicted molar refractivity (Wildman–Crippen MR) is 89.5 cm³/mol. The summed E-state index contributed by atoms with van der Waals surface area (Å²) in [6.07, 6.45) is 1.75. The molecule has 3 aromatic rings. The van der Waals surface area contributed by atoms with Crippen LogP contribution < -0.4 is 5.32 Å². The van der Waals surface area contributed by atoms with Gasteiger partial charge in [0, 0.05) is 11.4 Å². The van der Waals surface area contributed by atoms with Crippen LogP contribution in [0.4, 0.5) is 11.4 Å². The smallest absolute Gasteiger partial charge is 0.0390 e. The van der Waals surface area contributed by atoms with Crippen LogP contribution in [-0.4, -0.2) is 0 Å². The zero-order valence-corrected chi connectivity index (χ0v) is 11.7. The normalized spacial score (nSPS) is 9.45. The summed E-state index contributed by atoms with van der Waals surface area (Å²) in [5.41, 5.74) is 2.23. The van der Waals surface area contributed by atoms with E-state index >= 15 is 0 Å². The maximum Gasteiger partial charge on any atom is 0.0390 e. The molecule has 0 aliphatic rings. The van der Waals surface area contributed by atoms with Crippen molar-refractivity contribution >= 4 is 22.1 Å². The Bertz CT molecular complexity index is 671. The van der Waals surface area contributed by atoms with Gasteiger partial charge in [-0.1, -0.05) is 54.6 Å². The standard InChI is InChI=1S/C16H13N.C3H6/c1-2-8-15(9-3-1)17-16-11-10-13-6-4-5-7-14(13)12-16;1-3-2/h1-12,17H;3H,1H2,2H3. The van der Waals surface area contributed by atoms with Crippen LogP contribution in [0.25, 0.3) is 10.8 Å². The van der Waals surface area contributed by atoms with Crippen molar-refractivity contribution in [1.29, 1.82) is 0 Å². The Balaban J connectivity index is 0.000000452. The highest BCUT2D eigenvalue weighted by Crippen LogP contribution is 2.21. The number of nitrogens with one attached hydrogen (secondary N) is 1. The Morgan fingerprint density at radius 1 is 0.750 bits per heavy atom. The number of para-hydroxylation sites is 1. The van der Waals surface area contributed by atoms with E-state index in [1.807, 2.05) is 25.1 Å². The largest absolute Gasteiger partial charge is 0.356 e. The third-order valence-electron chi connectivity index (χ3n) is 2.81. The summed E-state index contributed by atoms with van der Waals surface area (Å²) in [6.45, 7) is 5.25. The SMILES string of the molecule is C=CC.c1ccc(Nc2ccc3ccccc3c2)cc1. The molecule has 0 aliphatic heterocycles. The van der Waals surface area contributed by atoms with Crippen molar-refractivity contribution < 1.29 is 0 Å². The van der Waals surface area contributed by atoms with E-state index in [0.29, 0.717) is 0 Å². The number of fused-ring (bicyclic) bond motifs is 1. The minimum absolute atomic E-state index is 1.11. The van der Waals surface area contributed by atoms with Gasteiger partial charge in [0.2, 0.25) is 0 Å². The molecule has 0 saturated heterocycles. The van der Waals surface area contributed by atoms with Crippen LogP contribution >= 0.6 is 0 Å². The number of hydrogen-bond acceptors (Lipinski definition) is 1. The van der Waals surface area contributed by atoms with Crippen LogP contribution in [0.15, 0.2) is 85.5 Å². The highest BCUT2D eigenvalue weighted by molar-refractivity contribution is 5.86. The zero-order valence-electron chi connectivity index (χ0n) is 11.7. The van der Waals surface area contributed by atoms with Gasteiger partial charge in [-0.15, -0.1) is 6.58 Å². The number of anilines is 2. The quantitative estimate of drug-likeness (QED) is 0.577. The fourth-order valence-corrected chi connectivity index (χ4v) is 1.96. The molecule has 100 valence electrons. The Labute approximate surface area is 120 Å². The van der Waals surface area contributed by atoms with E-state index < -0.39 is 0 Å². The van der Waals surface area contributed by atoms with Crippen LogP contribution in [-0.2, 0) is 0 Å². The summed E-state index contributed by atoms with van der Waals surface area (Å²) in [6, 6.07) is 25.0. The second-order valence-electron chi connectivity index (χ2n) is 4.46. The maximum absolute atomic E-state index is 3.40. The van der Waals surface area contributed by atoms with Gasteiger partial charge in [-0.3, -0.25) is 0 Å². The number of rotatable bonds is 2. The molecule has 0 bridgehead atoms. The van der Waals surface area contributed by atoms with Gasteiger partial charge < -0.3 is 5.32 Å². The van der Waals surface area contributed by atoms with Gasteiger partial charge >= 0.3 is 0 Å². The van der Waals surface area contributed by atoms with Crippen molar-refractivity contribution in [3.05, 3.63) is 85.5 Å². The molecule has 1 heteroatoms. The monoisotopic (exact) mass is 261 g/mol. The van der Waals surface area contributed by atoms with Crippen molar-refractivity contribution in [2.75, 3.05) is 5.32 Å². The molecule has 0 atom stereocenters. The first-order valence-corrected chi connectivity index (χ1v) is 6.71. The average molecular weight is 261 g/mol. The van der Waals surface area contributed by atoms with Crippen molar-refractivity contribution in [3.8, 4) is 0 Å². The Hall–Kier alpha value is -2.54. The van der Waals surface area contributed by atoms with Crippen LogP contribution in [0.3, 0.4) is 0 Å². The lowest BCUT2D eigenvalue weighted by Gasteiger charge is -2.07. The Morgan fingerprint density at radius 3 is 2.05 bits per heavy atom. The van der Waals surface area contributed by atoms with Crippen LogP contribution in [0.1, 0.15) is 6.92 Å². The lowest BCUT2D eigenvalue weighted by molar-refractivity contribution is 1.57. The van der Waals surface area contributed by atoms with Gasteiger partial charge in [0.05, 0.1) is 0 Å². The lowest BCUT2D eigenvalue weighted by Crippen LogP contribution is -1.89. The first kappa shape index (κ1) is 13.9. The molecule has 0 radical (unpaired) electrons. The van der Waals surface area contributed by atoms with Crippen molar-refractivity contribution in [2.24, 2.45) is 0 Å². The number of benzene rings is 3. The van der Waals surface area contributed by atoms with Gasteiger partial charge in [0.25, 0.3) is 0 Å². The van der Waals surface area contributed by atoms with Crippen LogP contribution in [0.2, 0.25) is 0 Å². The highest BCUT2D eigenvalue weighted by atomic mass is 14.9. The van der Waals surface area contributed by atoms with Gasteiger partial charge in [0.15, 0.2) is 0 Å². The minimum Gasteiger partial charge on any atom is -0.356 e. The molecule has 1 N–H and O–H groups in total. The number of hydrogen-bond donors (Lipinski definition) is 1. The first-order valence-electron chi connectivity index (χ1n) is 6.71. The molecule has 0 aromatic heterocycles. The van der Waals surface area contributed by atoms with E-state index in [9.17, 15) is 0 Å². The van der Waals surface area contributed by atoms with E-state index in [4.69, 9.17) is 0 Å². The predicted octanol–water partition coefficient (Wildman–Crippen LogP) is 5.78. The van der Waals surface area contributed by atoms with E-state index in [-0.39, 0.29) is 0 Å². The average Bonchev–Trinajstić information content (AvgIpc) is 2.49. The maximum atomic E-state index is 3.40. The second kappa shape index (κ2) is 7.15. The highest BCUT2D eigenvalue weighted by Gasteiger charge is 1.96. The molecule has 20 heavy (non-hydrogen) atoms. The number of allylic oxidation sites excluding steroid dienone is 1. The zero-order chi connectivity index (χ0) is 14.2. The summed E-state index contributed by atoms with van der Waals surface area (Å²) < 4.78 is 0. The molecule has 3 rings (SSSR count). The third-order valence-corrected chi connectivity index (χ3v) is 2.81. The van der Waals surface area contributed by atoms with E-state index in [0.717, 1.165) is 11.4 Å². The summed E-state index contributed by atoms with van der Waals surface area (Å²) in [4.78, 5) is 0. The molecule has 0 saturated carbocycles. The van der Waals surface area contributed by atoms with E-state index in [2.05, 4.69) is 66.5 Å². The van der Waals surface area contributed by atoms with Crippen molar-refractivity contribution in [3.63, 3.8) is 0 Å². The molecule has 0 unspecified atom stereocenters. The van der Waals surface area contributed by atoms with E-state index in [1.54, 1.807) is 6.08 Å². The van der Waals surface area contributed by atoms with Crippen LogP contribution in [0, 0.1) is 0 Å². The molecule has 0 fully saturated rings. The summed E-state index contributed by atoms with van der Waals surface area (Å²) >= 11 is 0. The molecular formula is C19H19N. The fourth-order valence-electron chi connectivity index (χ4n) is 1.96. The molecule has 3 aromatic carbocycles. The van der Waals surface area contributed by atoms with Crippen LogP contribution in [0.5, 0.6) is 0 Å². The van der Waals surface area contributed by atoms with Gasteiger partial charge in [-0.25, -0.2) is 0 Å². The van der Waals surface area contributed by atoms with Gasteiger partial charge in [-0.2, -0.15) is 0 Å². The molecule has 1 nitrogen and oxygen atoms in total. The summed E-state index contributed by atoms with van der Waals surface area (Å²) in [5, 5.41) is 5.92. The Kier molecular flexibility index (Phi) is 4.96. The molecule has 0 aliphatic carbocycles. The topological polar surface area (TPSA) is 12.0 Å². The minimum atomic E-state index is 1.11. The lowest BCUT2D eigenvalue weighted by atomic mass is 10.1. The summed E-state index contributed by atoms with van der Waals surface area (Å²) in [7, 11) is 0. The summed E-state index contributed by atoms with van der Waals surface area (Å²) in [5.74, 6) is 0. The van der Waals surface area contributed by atoms with Gasteiger partial charge in [-0.05, 0) is 42.0 Å². The molecule has 0 heterocycles. The second-order valence-corrected chi connectivity index (χ2v) is 4.46. The van der Waals surface area contributed by atoms with Crippen molar-refractivity contribution in [1.82, 2.24) is 0 Å². The molecule has 0 spiro atoms. The molecule has 0 amide bonds. The fraction of sp³-hybridized carbons (Fsp3) is 0.0526. The molecular weight excluding hydrogens is 242 g/mol. The van der Waals surface area contributed by atoms with E-state index in [1.165, 1.54) is 10.8 Å². The van der Waals surface area contributed by atoms with Gasteiger partial charge in [0.1, 0.15) is 0 Å².